The summed E-state index contributed by atoms with van der Waals surface area (Å²) in [4.78, 5) is 26.3. The van der Waals surface area contributed by atoms with Crippen molar-refractivity contribution >= 4 is 50.7 Å². The smallest absolute Gasteiger partial charge is 0.254 e. The first-order valence-corrected chi connectivity index (χ1v) is 15.9. The van der Waals surface area contributed by atoms with Crippen LogP contribution in [-0.4, -0.2) is 79.5 Å². The van der Waals surface area contributed by atoms with Crippen LogP contribution in [0.2, 0.25) is 5.02 Å². The number of aromatic nitrogens is 2. The van der Waals surface area contributed by atoms with Gasteiger partial charge in [-0.05, 0) is 64.1 Å². The number of halogens is 1. The second-order valence-electron chi connectivity index (χ2n) is 10.9. The van der Waals surface area contributed by atoms with Gasteiger partial charge in [0.25, 0.3) is 5.91 Å². The number of hydrogen-bond acceptors (Lipinski definition) is 9. The van der Waals surface area contributed by atoms with Crippen molar-refractivity contribution in [1.29, 1.82) is 0 Å². The summed E-state index contributed by atoms with van der Waals surface area (Å²) in [5.41, 5.74) is 1.37. The van der Waals surface area contributed by atoms with Crippen LogP contribution in [0.5, 0.6) is 5.75 Å². The highest BCUT2D eigenvalue weighted by Crippen LogP contribution is 2.33. The molecule has 1 aliphatic heterocycles. The molecule has 224 valence electrons. The number of anilines is 4. The third-order valence-electron chi connectivity index (χ3n) is 7.23. The first kappa shape index (κ1) is 30.0. The van der Waals surface area contributed by atoms with E-state index in [1.54, 1.807) is 36.4 Å². The molecule has 0 spiro atoms. The van der Waals surface area contributed by atoms with Crippen LogP contribution in [0.3, 0.4) is 0 Å². The number of hydrogen-bond donors (Lipinski definition) is 3. The van der Waals surface area contributed by atoms with Gasteiger partial charge in [0.05, 0.1) is 23.7 Å². The molecule has 5 rings (SSSR count). The average Bonchev–Trinajstić information content (AvgIpc) is 2.93. The Morgan fingerprint density at radius 1 is 1.05 bits per heavy atom. The third-order valence-corrected chi connectivity index (χ3v) is 9.08. The summed E-state index contributed by atoms with van der Waals surface area (Å²) in [6, 6.07) is 11.8. The molecule has 2 aromatic carbocycles. The fourth-order valence-corrected chi connectivity index (χ4v) is 6.29. The van der Waals surface area contributed by atoms with Crippen LogP contribution >= 0.6 is 11.6 Å². The molecule has 1 aliphatic carbocycles. The number of benzene rings is 2. The zero-order valence-electron chi connectivity index (χ0n) is 23.9. The number of nitrogens with zero attached hydrogens (tertiary/aromatic N) is 4. The van der Waals surface area contributed by atoms with Gasteiger partial charge in [-0.15, -0.1) is 0 Å². The van der Waals surface area contributed by atoms with E-state index in [0.29, 0.717) is 35.8 Å². The molecule has 2 heterocycles. The molecule has 0 atom stereocenters. The fraction of sp³-hybridized carbons (Fsp3) is 0.414. The normalized spacial score (nSPS) is 16.3. The van der Waals surface area contributed by atoms with E-state index in [2.05, 4.69) is 30.2 Å². The van der Waals surface area contributed by atoms with Crippen molar-refractivity contribution in [2.45, 2.75) is 50.2 Å². The van der Waals surface area contributed by atoms with Crippen molar-refractivity contribution in [2.24, 2.45) is 0 Å². The molecule has 3 aromatic rings. The van der Waals surface area contributed by atoms with E-state index in [9.17, 15) is 13.2 Å². The lowest BCUT2D eigenvalue weighted by atomic mass is 9.94. The predicted octanol–water partition coefficient (Wildman–Crippen LogP) is 4.62. The largest absolute Gasteiger partial charge is 0.489 e. The van der Waals surface area contributed by atoms with Crippen LogP contribution in [0, 0.1) is 0 Å². The zero-order chi connectivity index (χ0) is 29.9. The van der Waals surface area contributed by atoms with Gasteiger partial charge in [0.2, 0.25) is 16.0 Å². The summed E-state index contributed by atoms with van der Waals surface area (Å²) in [5.74, 6) is 0.880. The number of piperazine rings is 1. The molecule has 1 amide bonds. The lowest BCUT2D eigenvalue weighted by Gasteiger charge is -2.32. The Bertz CT molecular complexity index is 1540. The molecule has 13 heteroatoms. The SMILES string of the molecule is CC(C)Oc1ccc(C(=O)N2CCN(C)CC2)cc1Nc1ncc(Cl)c(Nc2ccccc2S(=O)(=O)NC2CCC2)n1. The van der Waals surface area contributed by atoms with Crippen molar-refractivity contribution in [3.8, 4) is 5.75 Å². The summed E-state index contributed by atoms with van der Waals surface area (Å²) >= 11 is 6.44. The number of carbonyl (C=O) groups is 1. The Labute approximate surface area is 251 Å². The number of carbonyl (C=O) groups excluding carboxylic acids is 1. The first-order valence-electron chi connectivity index (χ1n) is 14.1. The maximum atomic E-state index is 13.3. The summed E-state index contributed by atoms with van der Waals surface area (Å²) in [6.45, 7) is 6.79. The second-order valence-corrected chi connectivity index (χ2v) is 12.9. The van der Waals surface area contributed by atoms with Gasteiger partial charge in [0.1, 0.15) is 15.7 Å². The minimum absolute atomic E-state index is 0.0531. The maximum absolute atomic E-state index is 13.3. The minimum atomic E-state index is -3.75. The highest BCUT2D eigenvalue weighted by molar-refractivity contribution is 7.89. The Kier molecular flexibility index (Phi) is 9.16. The van der Waals surface area contributed by atoms with E-state index in [4.69, 9.17) is 16.3 Å². The molecule has 1 aromatic heterocycles. The molecule has 1 saturated heterocycles. The number of amides is 1. The topological polar surface area (TPSA) is 129 Å². The lowest BCUT2D eigenvalue weighted by Crippen LogP contribution is -2.47. The monoisotopic (exact) mass is 613 g/mol. The van der Waals surface area contributed by atoms with E-state index in [-0.39, 0.29) is 39.7 Å². The minimum Gasteiger partial charge on any atom is -0.489 e. The second kappa shape index (κ2) is 12.8. The van der Waals surface area contributed by atoms with Crippen LogP contribution in [0.15, 0.2) is 53.6 Å². The maximum Gasteiger partial charge on any atom is 0.254 e. The van der Waals surface area contributed by atoms with Gasteiger partial charge in [0.15, 0.2) is 5.82 Å². The van der Waals surface area contributed by atoms with Gasteiger partial charge in [-0.1, -0.05) is 30.2 Å². The van der Waals surface area contributed by atoms with Crippen LogP contribution in [0.4, 0.5) is 23.1 Å². The van der Waals surface area contributed by atoms with Gasteiger partial charge in [-0.25, -0.2) is 18.1 Å². The highest BCUT2D eigenvalue weighted by Gasteiger charge is 2.27. The van der Waals surface area contributed by atoms with Crippen LogP contribution in [-0.2, 0) is 10.0 Å². The fourth-order valence-electron chi connectivity index (χ4n) is 4.69. The van der Waals surface area contributed by atoms with Crippen molar-refractivity contribution in [3.63, 3.8) is 0 Å². The van der Waals surface area contributed by atoms with E-state index in [1.807, 2.05) is 25.8 Å². The van der Waals surface area contributed by atoms with Gasteiger partial charge in [-0.3, -0.25) is 4.79 Å². The van der Waals surface area contributed by atoms with Crippen molar-refractivity contribution in [3.05, 3.63) is 59.2 Å². The predicted molar refractivity (Wildman–Crippen MR) is 164 cm³/mol. The number of ether oxygens (including phenoxy) is 1. The quantitative estimate of drug-likeness (QED) is 0.300. The van der Waals surface area contributed by atoms with Crippen LogP contribution < -0.4 is 20.1 Å². The van der Waals surface area contributed by atoms with E-state index < -0.39 is 10.0 Å². The third kappa shape index (κ3) is 7.12. The molecule has 0 bridgehead atoms. The zero-order valence-corrected chi connectivity index (χ0v) is 25.5. The number of likely N-dealkylation sites (N-methyl/N-ethyl adjacent to an activating group) is 1. The molecular weight excluding hydrogens is 578 g/mol. The standard InChI is InChI=1S/C29H36ClN7O4S/c1-19(2)41-25-12-11-20(28(38)37-15-13-36(3)14-16-37)17-24(25)33-29-31-18-22(30)27(34-29)32-23-9-4-5-10-26(23)42(39,40)35-21-7-6-8-21/h4-5,9-12,17-19,21,35H,6-8,13-16H2,1-3H3,(H2,31,32,33,34). The Morgan fingerprint density at radius 2 is 1.79 bits per heavy atom. The molecule has 42 heavy (non-hydrogen) atoms. The molecule has 3 N–H and O–H groups in total. The van der Waals surface area contributed by atoms with E-state index in [0.717, 1.165) is 32.4 Å². The van der Waals surface area contributed by atoms with Gasteiger partial charge in [-0.2, -0.15) is 4.98 Å². The summed E-state index contributed by atoms with van der Waals surface area (Å²) in [6.07, 6.45) is 3.97. The molecule has 0 radical (unpaired) electrons. The van der Waals surface area contributed by atoms with Crippen molar-refractivity contribution in [2.75, 3.05) is 43.9 Å². The molecule has 0 unspecified atom stereocenters. The van der Waals surface area contributed by atoms with Gasteiger partial charge < -0.3 is 25.2 Å². The molecule has 2 aliphatic rings. The number of nitrogens with one attached hydrogen (secondary N) is 3. The molecule has 1 saturated carbocycles. The van der Waals surface area contributed by atoms with Crippen LogP contribution in [0.25, 0.3) is 0 Å². The highest BCUT2D eigenvalue weighted by atomic mass is 35.5. The van der Waals surface area contributed by atoms with E-state index in [1.165, 1.54) is 12.3 Å². The van der Waals surface area contributed by atoms with Gasteiger partial charge >= 0.3 is 0 Å². The number of para-hydroxylation sites is 1. The average molecular weight is 614 g/mol. The molecular formula is C29H36ClN7O4S. The van der Waals surface area contributed by atoms with Crippen molar-refractivity contribution in [1.82, 2.24) is 24.5 Å². The summed E-state index contributed by atoms with van der Waals surface area (Å²) in [5, 5.41) is 6.44. The number of rotatable bonds is 10. The van der Waals surface area contributed by atoms with E-state index >= 15 is 0 Å². The first-order chi connectivity index (χ1) is 20.1. The Balaban J connectivity index is 1.40. The Hall–Kier alpha value is -3.45. The summed E-state index contributed by atoms with van der Waals surface area (Å²) < 4.78 is 35.0. The molecule has 2 fully saturated rings. The lowest BCUT2D eigenvalue weighted by molar-refractivity contribution is 0.0664. The summed E-state index contributed by atoms with van der Waals surface area (Å²) in [7, 11) is -1.71. The van der Waals surface area contributed by atoms with Gasteiger partial charge in [0, 0.05) is 37.8 Å². The Morgan fingerprint density at radius 3 is 2.48 bits per heavy atom. The van der Waals surface area contributed by atoms with Crippen molar-refractivity contribution < 1.29 is 17.9 Å². The molecule has 11 nitrogen and oxygen atoms in total. The van der Waals surface area contributed by atoms with Crippen LogP contribution in [0.1, 0.15) is 43.5 Å². The number of sulfonamides is 1.